The standard InChI is InChI=1S/C27H31NO3S/c1-18-10-11-27-12-13-28(26(29)21(17-32)15-19-6-4-3-5-7-19)16-20-8-9-22(30-2)25(24(20)27)31-23(27)14-18/h3-11,18,21,23,32H,12-17H2,1-2H3. The summed E-state index contributed by atoms with van der Waals surface area (Å²) in [7, 11) is 1.70. The third-order valence-electron chi connectivity index (χ3n) is 7.40. The van der Waals surface area contributed by atoms with E-state index in [1.807, 2.05) is 29.2 Å². The Bertz CT molecular complexity index is 1040. The molecule has 168 valence electrons. The molecule has 1 aliphatic carbocycles. The smallest absolute Gasteiger partial charge is 0.227 e. The zero-order valence-corrected chi connectivity index (χ0v) is 19.7. The fourth-order valence-electron chi connectivity index (χ4n) is 5.68. The Kier molecular flexibility index (Phi) is 5.70. The minimum Gasteiger partial charge on any atom is -0.493 e. The number of hydrogen-bond donors (Lipinski definition) is 1. The molecule has 4 nitrogen and oxygen atoms in total. The van der Waals surface area contributed by atoms with Crippen LogP contribution in [-0.4, -0.2) is 36.3 Å². The van der Waals surface area contributed by atoms with Crippen LogP contribution in [0, 0.1) is 11.8 Å². The zero-order chi connectivity index (χ0) is 22.3. The number of nitrogens with zero attached hydrogens (tertiary/aromatic N) is 1. The molecule has 4 unspecified atom stereocenters. The molecule has 1 spiro atoms. The number of rotatable bonds is 5. The summed E-state index contributed by atoms with van der Waals surface area (Å²) < 4.78 is 12.2. The fraction of sp³-hybridized carbons (Fsp3) is 0.444. The van der Waals surface area contributed by atoms with E-state index < -0.39 is 0 Å². The van der Waals surface area contributed by atoms with Crippen molar-refractivity contribution in [3.63, 3.8) is 0 Å². The third-order valence-corrected chi connectivity index (χ3v) is 7.84. The third kappa shape index (κ3) is 3.51. The van der Waals surface area contributed by atoms with E-state index in [1.54, 1.807) is 7.11 Å². The lowest BCUT2D eigenvalue weighted by Gasteiger charge is -2.36. The van der Waals surface area contributed by atoms with Gasteiger partial charge in [0.15, 0.2) is 11.5 Å². The van der Waals surface area contributed by atoms with Gasteiger partial charge in [-0.1, -0.05) is 55.5 Å². The number of carbonyl (C=O) groups excluding carboxylic acids is 1. The lowest BCUT2D eigenvalue weighted by molar-refractivity contribution is -0.135. The SMILES string of the molecule is COc1ccc2c3c1OC1CC(C)C=CC31CCN(C(=O)C(CS)Cc1ccccc1)C2. The maximum Gasteiger partial charge on any atom is 0.227 e. The summed E-state index contributed by atoms with van der Waals surface area (Å²) in [5.74, 6) is 2.74. The van der Waals surface area contributed by atoms with Crippen molar-refractivity contribution in [3.05, 3.63) is 71.3 Å². The molecule has 2 aromatic carbocycles. The molecular weight excluding hydrogens is 418 g/mol. The van der Waals surface area contributed by atoms with Gasteiger partial charge in [0.1, 0.15) is 6.10 Å². The van der Waals surface area contributed by atoms with E-state index in [0.717, 1.165) is 24.3 Å². The first-order chi connectivity index (χ1) is 15.6. The average Bonchev–Trinajstić information content (AvgIpc) is 3.05. The minimum absolute atomic E-state index is 0.0904. The van der Waals surface area contributed by atoms with Crippen LogP contribution in [0.15, 0.2) is 54.6 Å². The highest BCUT2D eigenvalue weighted by Gasteiger charge is 2.52. The Morgan fingerprint density at radius 2 is 2.09 bits per heavy atom. The van der Waals surface area contributed by atoms with Crippen molar-refractivity contribution in [2.45, 2.75) is 44.2 Å². The molecule has 5 rings (SSSR count). The van der Waals surface area contributed by atoms with Crippen molar-refractivity contribution < 1.29 is 14.3 Å². The van der Waals surface area contributed by atoms with E-state index in [9.17, 15) is 4.79 Å². The quantitative estimate of drug-likeness (QED) is 0.526. The second-order valence-electron chi connectivity index (χ2n) is 9.43. The maximum atomic E-state index is 13.6. The number of benzene rings is 2. The van der Waals surface area contributed by atoms with Crippen LogP contribution in [0.25, 0.3) is 0 Å². The van der Waals surface area contributed by atoms with Crippen LogP contribution in [0.4, 0.5) is 0 Å². The van der Waals surface area contributed by atoms with Gasteiger partial charge in [-0.25, -0.2) is 0 Å². The Morgan fingerprint density at radius 1 is 1.28 bits per heavy atom. The largest absolute Gasteiger partial charge is 0.493 e. The van der Waals surface area contributed by atoms with Crippen molar-refractivity contribution in [1.82, 2.24) is 4.90 Å². The molecule has 4 atom stereocenters. The first-order valence-corrected chi connectivity index (χ1v) is 12.2. The average molecular weight is 450 g/mol. The second-order valence-corrected chi connectivity index (χ2v) is 9.79. The van der Waals surface area contributed by atoms with Gasteiger partial charge in [-0.15, -0.1) is 0 Å². The Labute approximate surface area is 196 Å². The van der Waals surface area contributed by atoms with Gasteiger partial charge >= 0.3 is 0 Å². The summed E-state index contributed by atoms with van der Waals surface area (Å²) in [5.41, 5.74) is 3.39. The predicted octanol–water partition coefficient (Wildman–Crippen LogP) is 4.81. The van der Waals surface area contributed by atoms with Crippen LogP contribution in [0.2, 0.25) is 0 Å². The van der Waals surface area contributed by atoms with Gasteiger partial charge in [-0.2, -0.15) is 12.6 Å². The van der Waals surface area contributed by atoms with Crippen LogP contribution < -0.4 is 9.47 Å². The molecule has 0 saturated carbocycles. The summed E-state index contributed by atoms with van der Waals surface area (Å²) in [6.07, 6.45) is 7.33. The number of ether oxygens (including phenoxy) is 2. The van der Waals surface area contributed by atoms with E-state index in [2.05, 4.69) is 49.9 Å². The highest BCUT2D eigenvalue weighted by molar-refractivity contribution is 7.80. The van der Waals surface area contributed by atoms with Crippen molar-refractivity contribution in [2.75, 3.05) is 19.4 Å². The van der Waals surface area contributed by atoms with Gasteiger partial charge in [0.25, 0.3) is 0 Å². The molecule has 2 aromatic rings. The summed E-state index contributed by atoms with van der Waals surface area (Å²) >= 11 is 4.55. The highest BCUT2D eigenvalue weighted by atomic mass is 32.1. The van der Waals surface area contributed by atoms with Gasteiger partial charge in [0, 0.05) is 24.4 Å². The van der Waals surface area contributed by atoms with Crippen molar-refractivity contribution in [2.24, 2.45) is 11.8 Å². The number of allylic oxidation sites excluding steroid dienone is 1. The van der Waals surface area contributed by atoms with E-state index in [-0.39, 0.29) is 23.3 Å². The van der Waals surface area contributed by atoms with Crippen LogP contribution in [0.3, 0.4) is 0 Å². The molecule has 1 amide bonds. The molecule has 3 aliphatic rings. The molecule has 0 radical (unpaired) electrons. The van der Waals surface area contributed by atoms with Crippen LogP contribution >= 0.6 is 12.6 Å². The fourth-order valence-corrected chi connectivity index (χ4v) is 5.97. The van der Waals surface area contributed by atoms with Gasteiger partial charge in [0.2, 0.25) is 5.91 Å². The molecule has 0 fully saturated rings. The number of thiol groups is 1. The van der Waals surface area contributed by atoms with Gasteiger partial charge in [-0.05, 0) is 42.4 Å². The molecule has 0 aromatic heterocycles. The van der Waals surface area contributed by atoms with E-state index >= 15 is 0 Å². The second kappa shape index (κ2) is 8.51. The van der Waals surface area contributed by atoms with E-state index in [4.69, 9.17) is 9.47 Å². The van der Waals surface area contributed by atoms with Crippen LogP contribution in [0.1, 0.15) is 36.5 Å². The Balaban J connectivity index is 1.49. The monoisotopic (exact) mass is 449 g/mol. The van der Waals surface area contributed by atoms with Crippen molar-refractivity contribution in [3.8, 4) is 11.5 Å². The maximum absolute atomic E-state index is 13.6. The highest BCUT2D eigenvalue weighted by Crippen LogP contribution is 2.56. The van der Waals surface area contributed by atoms with Crippen molar-refractivity contribution in [1.29, 1.82) is 0 Å². The summed E-state index contributed by atoms with van der Waals surface area (Å²) in [4.78, 5) is 15.7. The van der Waals surface area contributed by atoms with Gasteiger partial charge < -0.3 is 14.4 Å². The number of carbonyl (C=O) groups is 1. The number of amides is 1. The molecule has 0 N–H and O–H groups in total. The molecule has 5 heteroatoms. The van der Waals surface area contributed by atoms with Crippen molar-refractivity contribution >= 4 is 18.5 Å². The van der Waals surface area contributed by atoms with E-state index in [1.165, 1.54) is 16.7 Å². The predicted molar refractivity (Wildman–Crippen MR) is 130 cm³/mol. The normalized spacial score (nSPS) is 26.5. The van der Waals surface area contributed by atoms with Gasteiger partial charge in [-0.3, -0.25) is 4.79 Å². The molecule has 0 bridgehead atoms. The molecule has 32 heavy (non-hydrogen) atoms. The number of hydrogen-bond acceptors (Lipinski definition) is 4. The molecule has 2 heterocycles. The first kappa shape index (κ1) is 21.4. The Hall–Kier alpha value is -2.40. The summed E-state index contributed by atoms with van der Waals surface area (Å²) in [6.45, 7) is 3.56. The zero-order valence-electron chi connectivity index (χ0n) is 18.8. The lowest BCUT2D eigenvalue weighted by atomic mass is 9.68. The summed E-state index contributed by atoms with van der Waals surface area (Å²) in [5, 5.41) is 0. The molecule has 0 saturated heterocycles. The van der Waals surface area contributed by atoms with E-state index in [0.29, 0.717) is 31.2 Å². The topological polar surface area (TPSA) is 38.8 Å². The number of methoxy groups -OCH3 is 1. The molecular formula is C27H31NO3S. The summed E-state index contributed by atoms with van der Waals surface area (Å²) in [6, 6.07) is 14.3. The Morgan fingerprint density at radius 3 is 2.84 bits per heavy atom. The minimum atomic E-state index is -0.184. The first-order valence-electron chi connectivity index (χ1n) is 11.6. The van der Waals surface area contributed by atoms with Gasteiger partial charge in [0.05, 0.1) is 18.4 Å². The van der Waals surface area contributed by atoms with Crippen LogP contribution in [-0.2, 0) is 23.2 Å². The molecule has 2 aliphatic heterocycles. The lowest BCUT2D eigenvalue weighted by Crippen LogP contribution is -2.43. The van der Waals surface area contributed by atoms with Crippen LogP contribution in [0.5, 0.6) is 11.5 Å².